The smallest absolute Gasteiger partial charge is 0.208 e. The van der Waals surface area contributed by atoms with E-state index < -0.39 is 15.6 Å². The molecule has 0 aliphatic heterocycles. The number of hydrogen-bond acceptors (Lipinski definition) is 6. The van der Waals surface area contributed by atoms with Gasteiger partial charge in [0, 0.05) is 17.1 Å². The molecule has 0 fully saturated rings. The lowest BCUT2D eigenvalue weighted by molar-refractivity contribution is 0.103. The third kappa shape index (κ3) is 4.32. The number of aryl methyl sites for hydroxylation is 1. The standard InChI is InChI=1S/C26H23NO5S/c1-4-32-19-9-7-18(8-10-19)25(28)23-16-27-24-14-11-20(31-3)15-22(24)26(23)33(29,30)21-12-5-17(2)6-13-21/h5-16H,4H2,1-3H3. The van der Waals surface area contributed by atoms with E-state index in [0.717, 1.165) is 5.56 Å². The monoisotopic (exact) mass is 461 g/mol. The Morgan fingerprint density at radius 2 is 1.61 bits per heavy atom. The molecule has 0 spiro atoms. The van der Waals surface area contributed by atoms with E-state index in [4.69, 9.17) is 9.47 Å². The van der Waals surface area contributed by atoms with Gasteiger partial charge in [0.25, 0.3) is 0 Å². The quantitative estimate of drug-likeness (QED) is 0.360. The number of methoxy groups -OCH3 is 1. The van der Waals surface area contributed by atoms with Crippen LogP contribution in [0.3, 0.4) is 0 Å². The van der Waals surface area contributed by atoms with Gasteiger partial charge in [0.15, 0.2) is 5.78 Å². The predicted octanol–water partition coefficient (Wildman–Crippen LogP) is 5.01. The summed E-state index contributed by atoms with van der Waals surface area (Å²) >= 11 is 0. The molecule has 0 atom stereocenters. The first-order valence-corrected chi connectivity index (χ1v) is 11.9. The summed E-state index contributed by atoms with van der Waals surface area (Å²) in [5, 5.41) is 0.326. The Morgan fingerprint density at radius 1 is 0.939 bits per heavy atom. The van der Waals surface area contributed by atoms with Crippen molar-refractivity contribution in [3.63, 3.8) is 0 Å². The summed E-state index contributed by atoms with van der Waals surface area (Å²) in [7, 11) is -2.55. The van der Waals surface area contributed by atoms with E-state index in [1.165, 1.54) is 13.3 Å². The highest BCUT2D eigenvalue weighted by molar-refractivity contribution is 7.91. The van der Waals surface area contributed by atoms with Crippen molar-refractivity contribution in [1.82, 2.24) is 4.98 Å². The second kappa shape index (κ2) is 9.03. The number of fused-ring (bicyclic) bond motifs is 1. The molecule has 0 bridgehead atoms. The molecule has 0 unspecified atom stereocenters. The van der Waals surface area contributed by atoms with Crippen molar-refractivity contribution in [1.29, 1.82) is 0 Å². The molecule has 3 aromatic carbocycles. The van der Waals surface area contributed by atoms with E-state index in [1.807, 2.05) is 13.8 Å². The van der Waals surface area contributed by atoms with Crippen LogP contribution in [0.15, 0.2) is 82.7 Å². The molecule has 0 saturated carbocycles. The zero-order valence-electron chi connectivity index (χ0n) is 18.5. The van der Waals surface area contributed by atoms with Gasteiger partial charge < -0.3 is 9.47 Å². The van der Waals surface area contributed by atoms with Crippen LogP contribution in [0.25, 0.3) is 10.9 Å². The van der Waals surface area contributed by atoms with Crippen molar-refractivity contribution in [3.8, 4) is 11.5 Å². The van der Waals surface area contributed by atoms with Crippen LogP contribution in [0, 0.1) is 6.92 Å². The van der Waals surface area contributed by atoms with Gasteiger partial charge in [-0.15, -0.1) is 0 Å². The number of sulfone groups is 1. The van der Waals surface area contributed by atoms with E-state index in [1.54, 1.807) is 66.7 Å². The summed E-state index contributed by atoms with van der Waals surface area (Å²) < 4.78 is 38.4. The van der Waals surface area contributed by atoms with Gasteiger partial charge in [0.2, 0.25) is 9.84 Å². The Morgan fingerprint density at radius 3 is 2.24 bits per heavy atom. The number of ether oxygens (including phenoxy) is 2. The molecule has 0 aliphatic rings. The first-order chi connectivity index (χ1) is 15.8. The number of rotatable bonds is 7. The van der Waals surface area contributed by atoms with Gasteiger partial charge >= 0.3 is 0 Å². The number of aromatic nitrogens is 1. The maximum atomic E-state index is 13.8. The topological polar surface area (TPSA) is 82.6 Å². The number of carbonyl (C=O) groups is 1. The van der Waals surface area contributed by atoms with Crippen LogP contribution in [0.2, 0.25) is 0 Å². The lowest BCUT2D eigenvalue weighted by Crippen LogP contribution is -2.13. The summed E-state index contributed by atoms with van der Waals surface area (Å²) in [4.78, 5) is 17.9. The maximum absolute atomic E-state index is 13.8. The summed E-state index contributed by atoms with van der Waals surface area (Å²) in [6, 6.07) is 18.1. The molecule has 4 rings (SSSR count). The fourth-order valence-electron chi connectivity index (χ4n) is 3.59. The largest absolute Gasteiger partial charge is 0.497 e. The molecule has 1 heterocycles. The first-order valence-electron chi connectivity index (χ1n) is 10.4. The Balaban J connectivity index is 1.96. The van der Waals surface area contributed by atoms with Gasteiger partial charge in [-0.25, -0.2) is 8.42 Å². The normalized spacial score (nSPS) is 11.4. The molecular weight excluding hydrogens is 438 g/mol. The van der Waals surface area contributed by atoms with Crippen molar-refractivity contribution in [2.24, 2.45) is 0 Å². The minimum Gasteiger partial charge on any atom is -0.497 e. The second-order valence-corrected chi connectivity index (χ2v) is 9.37. The van der Waals surface area contributed by atoms with E-state index in [9.17, 15) is 13.2 Å². The minimum absolute atomic E-state index is 0.000452. The van der Waals surface area contributed by atoms with Crippen LogP contribution in [-0.2, 0) is 9.84 Å². The van der Waals surface area contributed by atoms with E-state index in [2.05, 4.69) is 4.98 Å². The Kier molecular flexibility index (Phi) is 6.16. The molecule has 7 heteroatoms. The van der Waals surface area contributed by atoms with Crippen molar-refractivity contribution in [3.05, 3.63) is 89.6 Å². The summed E-state index contributed by atoms with van der Waals surface area (Å²) in [5.41, 5.74) is 1.72. The number of ketones is 1. The molecule has 0 N–H and O–H groups in total. The van der Waals surface area contributed by atoms with Crippen LogP contribution in [0.1, 0.15) is 28.4 Å². The van der Waals surface area contributed by atoms with Crippen LogP contribution in [-0.4, -0.2) is 32.9 Å². The van der Waals surface area contributed by atoms with Gasteiger partial charge in [0.1, 0.15) is 11.5 Å². The van der Waals surface area contributed by atoms with Gasteiger partial charge in [-0.05, 0) is 68.4 Å². The molecule has 0 amide bonds. The molecule has 168 valence electrons. The highest BCUT2D eigenvalue weighted by atomic mass is 32.2. The molecule has 6 nitrogen and oxygen atoms in total. The molecule has 0 aliphatic carbocycles. The van der Waals surface area contributed by atoms with Gasteiger partial charge in [-0.3, -0.25) is 9.78 Å². The van der Waals surface area contributed by atoms with Gasteiger partial charge in [-0.2, -0.15) is 0 Å². The molecular formula is C26H23NO5S. The van der Waals surface area contributed by atoms with E-state index >= 15 is 0 Å². The zero-order valence-corrected chi connectivity index (χ0v) is 19.3. The van der Waals surface area contributed by atoms with Crippen molar-refractivity contribution in [2.45, 2.75) is 23.6 Å². The highest BCUT2D eigenvalue weighted by Crippen LogP contribution is 2.34. The number of benzene rings is 3. The number of nitrogens with zero attached hydrogens (tertiary/aromatic N) is 1. The van der Waals surface area contributed by atoms with E-state index in [-0.39, 0.29) is 15.4 Å². The number of hydrogen-bond donors (Lipinski definition) is 0. The third-order valence-corrected chi connectivity index (χ3v) is 7.17. The lowest BCUT2D eigenvalue weighted by Gasteiger charge is -2.14. The molecule has 0 radical (unpaired) electrons. The van der Waals surface area contributed by atoms with Crippen LogP contribution in [0.4, 0.5) is 0 Å². The van der Waals surface area contributed by atoms with Crippen LogP contribution in [0.5, 0.6) is 11.5 Å². The van der Waals surface area contributed by atoms with Crippen molar-refractivity contribution in [2.75, 3.05) is 13.7 Å². The predicted molar refractivity (Wildman–Crippen MR) is 126 cm³/mol. The fraction of sp³-hybridized carbons (Fsp3) is 0.154. The first kappa shape index (κ1) is 22.5. The third-order valence-electron chi connectivity index (χ3n) is 5.30. The fourth-order valence-corrected chi connectivity index (χ4v) is 5.20. The number of pyridine rings is 1. The Labute approximate surface area is 192 Å². The second-order valence-electron chi connectivity index (χ2n) is 7.49. The maximum Gasteiger partial charge on any atom is 0.208 e. The SMILES string of the molecule is CCOc1ccc(C(=O)c2cnc3ccc(OC)cc3c2S(=O)(=O)c2ccc(C)cc2)cc1. The van der Waals surface area contributed by atoms with Crippen LogP contribution >= 0.6 is 0 Å². The van der Waals surface area contributed by atoms with Crippen molar-refractivity contribution >= 4 is 26.5 Å². The Bertz CT molecular complexity index is 1430. The minimum atomic E-state index is -4.05. The van der Waals surface area contributed by atoms with Crippen LogP contribution < -0.4 is 9.47 Å². The van der Waals surface area contributed by atoms with Gasteiger partial charge in [-0.1, -0.05) is 17.7 Å². The summed E-state index contributed by atoms with van der Waals surface area (Å²) in [6.07, 6.45) is 1.33. The van der Waals surface area contributed by atoms with Crippen molar-refractivity contribution < 1.29 is 22.7 Å². The highest BCUT2D eigenvalue weighted by Gasteiger charge is 2.28. The summed E-state index contributed by atoms with van der Waals surface area (Å²) in [6.45, 7) is 4.25. The number of carbonyl (C=O) groups excluding carboxylic acids is 1. The summed E-state index contributed by atoms with van der Waals surface area (Å²) in [5.74, 6) is 0.652. The zero-order chi connectivity index (χ0) is 23.6. The molecule has 0 saturated heterocycles. The molecule has 4 aromatic rings. The molecule has 1 aromatic heterocycles. The lowest BCUT2D eigenvalue weighted by atomic mass is 10.0. The van der Waals surface area contributed by atoms with E-state index in [0.29, 0.717) is 34.6 Å². The average molecular weight is 462 g/mol. The average Bonchev–Trinajstić information content (AvgIpc) is 2.83. The Hall–Kier alpha value is -3.71. The van der Waals surface area contributed by atoms with Gasteiger partial charge in [0.05, 0.1) is 34.6 Å². The molecule has 33 heavy (non-hydrogen) atoms.